The zero-order valence-corrected chi connectivity index (χ0v) is 16.1. The maximum atomic E-state index is 12.7. The Bertz CT molecular complexity index is 952. The summed E-state index contributed by atoms with van der Waals surface area (Å²) in [7, 11) is 4.86. The lowest BCUT2D eigenvalue weighted by atomic mass is 10.1. The highest BCUT2D eigenvalue weighted by molar-refractivity contribution is 6.30. The van der Waals surface area contributed by atoms with Crippen LogP contribution in [0.5, 0.6) is 11.5 Å². The highest BCUT2D eigenvalue weighted by Crippen LogP contribution is 2.29. The number of ether oxygens (including phenoxy) is 2. The molecule has 3 aromatic rings. The van der Waals surface area contributed by atoms with E-state index in [-0.39, 0.29) is 5.91 Å². The summed E-state index contributed by atoms with van der Waals surface area (Å²) in [5, 5.41) is 7.98. The lowest BCUT2D eigenvalue weighted by Crippen LogP contribution is -2.16. The number of carbonyl (C=O) groups excluding carboxylic acids is 1. The third-order valence-corrected chi connectivity index (χ3v) is 4.37. The van der Waals surface area contributed by atoms with Gasteiger partial charge in [-0.25, -0.2) is 0 Å². The predicted molar refractivity (Wildman–Crippen MR) is 105 cm³/mol. The van der Waals surface area contributed by atoms with Crippen LogP contribution >= 0.6 is 11.6 Å². The van der Waals surface area contributed by atoms with Crippen LogP contribution in [0.1, 0.15) is 21.7 Å². The Morgan fingerprint density at radius 1 is 1.11 bits per heavy atom. The minimum absolute atomic E-state index is 0.268. The van der Waals surface area contributed by atoms with E-state index in [0.29, 0.717) is 34.3 Å². The Kier molecular flexibility index (Phi) is 5.66. The fraction of sp³-hybridized carbons (Fsp3) is 0.200. The normalized spacial score (nSPS) is 10.5. The van der Waals surface area contributed by atoms with Crippen LogP contribution in [0.4, 0.5) is 5.69 Å². The molecule has 0 atom stereocenters. The van der Waals surface area contributed by atoms with Crippen molar-refractivity contribution in [2.45, 2.75) is 6.42 Å². The van der Waals surface area contributed by atoms with E-state index in [0.717, 1.165) is 11.3 Å². The minimum Gasteiger partial charge on any atom is -0.497 e. The van der Waals surface area contributed by atoms with E-state index in [4.69, 9.17) is 21.1 Å². The van der Waals surface area contributed by atoms with Gasteiger partial charge >= 0.3 is 0 Å². The number of aromatic nitrogens is 2. The summed E-state index contributed by atoms with van der Waals surface area (Å²) in [6.45, 7) is 0. The topological polar surface area (TPSA) is 65.4 Å². The molecular weight excluding hydrogens is 366 g/mol. The van der Waals surface area contributed by atoms with Gasteiger partial charge in [0.15, 0.2) is 0 Å². The second kappa shape index (κ2) is 8.14. The number of hydrogen-bond acceptors (Lipinski definition) is 4. The monoisotopic (exact) mass is 385 g/mol. The highest BCUT2D eigenvalue weighted by Gasteiger charge is 2.16. The molecule has 0 aliphatic carbocycles. The SMILES string of the molecule is COc1ccc(NC(=O)c2cc(Cc3ccc(Cl)cc3)nn2C)c(OC)c1. The quantitative estimate of drug-likeness (QED) is 0.698. The zero-order chi connectivity index (χ0) is 19.4. The number of methoxy groups -OCH3 is 2. The number of aryl methyl sites for hydroxylation is 1. The fourth-order valence-electron chi connectivity index (χ4n) is 2.73. The van der Waals surface area contributed by atoms with Crippen molar-refractivity contribution in [2.75, 3.05) is 19.5 Å². The number of carbonyl (C=O) groups is 1. The van der Waals surface area contributed by atoms with Crippen molar-refractivity contribution in [1.29, 1.82) is 0 Å². The summed E-state index contributed by atoms with van der Waals surface area (Å²) in [4.78, 5) is 12.7. The summed E-state index contributed by atoms with van der Waals surface area (Å²) in [5.41, 5.74) is 2.88. The molecule has 3 rings (SSSR count). The standard InChI is InChI=1S/C20H20ClN3O3/c1-24-18(11-15(23-24)10-13-4-6-14(21)7-5-13)20(25)22-17-9-8-16(26-2)12-19(17)27-3/h4-9,11-12H,10H2,1-3H3,(H,22,25). The molecule has 7 heteroatoms. The number of anilines is 1. The maximum absolute atomic E-state index is 12.7. The second-order valence-electron chi connectivity index (χ2n) is 5.97. The lowest BCUT2D eigenvalue weighted by Gasteiger charge is -2.11. The van der Waals surface area contributed by atoms with Crippen LogP contribution in [0.15, 0.2) is 48.5 Å². The van der Waals surface area contributed by atoms with Gasteiger partial charge in [0.1, 0.15) is 17.2 Å². The average Bonchev–Trinajstić information content (AvgIpc) is 3.04. The average molecular weight is 386 g/mol. The molecule has 6 nitrogen and oxygen atoms in total. The van der Waals surface area contributed by atoms with Gasteiger partial charge < -0.3 is 14.8 Å². The summed E-state index contributed by atoms with van der Waals surface area (Å²) >= 11 is 5.92. The number of benzene rings is 2. The molecule has 0 spiro atoms. The molecule has 0 fully saturated rings. The molecular formula is C20H20ClN3O3. The fourth-order valence-corrected chi connectivity index (χ4v) is 2.85. The third kappa shape index (κ3) is 4.41. The molecule has 0 radical (unpaired) electrons. The van der Waals surface area contributed by atoms with Crippen molar-refractivity contribution < 1.29 is 14.3 Å². The smallest absolute Gasteiger partial charge is 0.274 e. The van der Waals surface area contributed by atoms with Crippen LogP contribution in [0, 0.1) is 0 Å². The Hall–Kier alpha value is -2.99. The molecule has 0 saturated heterocycles. The summed E-state index contributed by atoms with van der Waals surface area (Å²) < 4.78 is 12.1. The Morgan fingerprint density at radius 2 is 1.85 bits per heavy atom. The molecule has 0 aliphatic heterocycles. The van der Waals surface area contributed by atoms with Gasteiger partial charge in [-0.05, 0) is 35.9 Å². The van der Waals surface area contributed by atoms with E-state index in [1.807, 2.05) is 24.3 Å². The Balaban J connectivity index is 1.77. The van der Waals surface area contributed by atoms with E-state index in [1.54, 1.807) is 50.2 Å². The summed E-state index contributed by atoms with van der Waals surface area (Å²) in [5.74, 6) is 0.901. The zero-order valence-electron chi connectivity index (χ0n) is 15.3. The molecule has 0 saturated carbocycles. The molecule has 1 N–H and O–H groups in total. The Labute approximate surface area is 162 Å². The van der Waals surface area contributed by atoms with Gasteiger partial charge in [-0.3, -0.25) is 9.48 Å². The number of halogens is 1. The first kappa shape index (κ1) is 18.8. The maximum Gasteiger partial charge on any atom is 0.274 e. The summed E-state index contributed by atoms with van der Waals surface area (Å²) in [6.07, 6.45) is 0.615. The number of rotatable bonds is 6. The van der Waals surface area contributed by atoms with Gasteiger partial charge in [0, 0.05) is 24.6 Å². The van der Waals surface area contributed by atoms with Crippen LogP contribution in [-0.2, 0) is 13.5 Å². The van der Waals surface area contributed by atoms with Crippen molar-refractivity contribution in [3.8, 4) is 11.5 Å². The number of hydrogen-bond donors (Lipinski definition) is 1. The van der Waals surface area contributed by atoms with Crippen LogP contribution in [0.3, 0.4) is 0 Å². The largest absolute Gasteiger partial charge is 0.497 e. The van der Waals surface area contributed by atoms with Gasteiger partial charge in [-0.1, -0.05) is 23.7 Å². The van der Waals surface area contributed by atoms with E-state index in [9.17, 15) is 4.79 Å². The van der Waals surface area contributed by atoms with Crippen LogP contribution < -0.4 is 14.8 Å². The van der Waals surface area contributed by atoms with Gasteiger partial charge in [0.2, 0.25) is 0 Å². The van der Waals surface area contributed by atoms with E-state index in [1.165, 1.54) is 0 Å². The molecule has 2 aromatic carbocycles. The number of nitrogens with one attached hydrogen (secondary N) is 1. The minimum atomic E-state index is -0.268. The van der Waals surface area contributed by atoms with Crippen molar-refractivity contribution in [3.05, 3.63) is 70.5 Å². The molecule has 0 aliphatic rings. The first-order valence-electron chi connectivity index (χ1n) is 8.31. The predicted octanol–water partition coefficient (Wildman–Crippen LogP) is 3.93. The molecule has 0 unspecified atom stereocenters. The van der Waals surface area contributed by atoms with Gasteiger partial charge in [-0.15, -0.1) is 0 Å². The number of amides is 1. The highest BCUT2D eigenvalue weighted by atomic mass is 35.5. The Morgan fingerprint density at radius 3 is 2.52 bits per heavy atom. The number of nitrogens with zero attached hydrogens (tertiary/aromatic N) is 2. The molecule has 1 amide bonds. The van der Waals surface area contributed by atoms with Crippen LogP contribution in [0.2, 0.25) is 5.02 Å². The second-order valence-corrected chi connectivity index (χ2v) is 6.40. The summed E-state index contributed by atoms with van der Waals surface area (Å²) in [6, 6.07) is 14.5. The molecule has 1 aromatic heterocycles. The first-order valence-corrected chi connectivity index (χ1v) is 8.68. The molecule has 0 bridgehead atoms. The van der Waals surface area contributed by atoms with Crippen molar-refractivity contribution in [3.63, 3.8) is 0 Å². The first-order chi connectivity index (χ1) is 13.0. The van der Waals surface area contributed by atoms with Gasteiger partial charge in [0.05, 0.1) is 25.6 Å². The lowest BCUT2D eigenvalue weighted by molar-refractivity contribution is 0.101. The van der Waals surface area contributed by atoms with E-state index >= 15 is 0 Å². The molecule has 27 heavy (non-hydrogen) atoms. The van der Waals surface area contributed by atoms with Crippen molar-refractivity contribution in [2.24, 2.45) is 7.05 Å². The van der Waals surface area contributed by atoms with E-state index in [2.05, 4.69) is 10.4 Å². The molecule has 140 valence electrons. The van der Waals surface area contributed by atoms with E-state index < -0.39 is 0 Å². The van der Waals surface area contributed by atoms with Crippen molar-refractivity contribution >= 4 is 23.2 Å². The third-order valence-electron chi connectivity index (χ3n) is 4.12. The van der Waals surface area contributed by atoms with Gasteiger partial charge in [-0.2, -0.15) is 5.10 Å². The van der Waals surface area contributed by atoms with Crippen LogP contribution in [0.25, 0.3) is 0 Å². The van der Waals surface area contributed by atoms with Crippen molar-refractivity contribution in [1.82, 2.24) is 9.78 Å². The van der Waals surface area contributed by atoms with Crippen LogP contribution in [-0.4, -0.2) is 29.9 Å². The molecule has 1 heterocycles. The van der Waals surface area contributed by atoms with Gasteiger partial charge in [0.25, 0.3) is 5.91 Å².